The predicted molar refractivity (Wildman–Crippen MR) is 20.7 cm³/mol. The molecule has 3 radical (unpaired) electrons. The van der Waals surface area contributed by atoms with E-state index in [-0.39, 0.29) is 6.79 Å². The van der Waals surface area contributed by atoms with E-state index < -0.39 is 8.69 Å². The van der Waals surface area contributed by atoms with E-state index in [2.05, 4.69) is 9.26 Å². The van der Waals surface area contributed by atoms with Crippen LogP contribution < -0.4 is 0 Å². The van der Waals surface area contributed by atoms with E-state index in [1.807, 2.05) is 0 Å². The summed E-state index contributed by atoms with van der Waals surface area (Å²) in [6.45, 7) is -0.196. The number of ether oxygens (including phenoxy) is 1. The summed E-state index contributed by atoms with van der Waals surface area (Å²) in [6, 6.07) is 0. The van der Waals surface area contributed by atoms with Gasteiger partial charge in [-0.1, -0.05) is 0 Å². The van der Waals surface area contributed by atoms with Gasteiger partial charge in [0.2, 0.25) is 0 Å². The van der Waals surface area contributed by atoms with Gasteiger partial charge in [0, 0.05) is 0 Å². The first-order valence-corrected chi connectivity index (χ1v) is 2.20. The molecule has 0 heterocycles. The second-order valence-corrected chi connectivity index (χ2v) is 1.05. The quantitative estimate of drug-likeness (QED) is 0.293. The third-order valence-corrected chi connectivity index (χ3v) is 0.467. The minimum atomic E-state index is -1.21. The highest BCUT2D eigenvalue weighted by molar-refractivity contribution is 7.17. The lowest BCUT2D eigenvalue weighted by Crippen LogP contribution is -1.80. The molecule has 4 heteroatoms. The van der Waals surface area contributed by atoms with Crippen molar-refractivity contribution < 1.29 is 13.8 Å². The van der Waals surface area contributed by atoms with Crippen LogP contribution in [0.3, 0.4) is 0 Å². The second kappa shape index (κ2) is 5.15. The molecule has 0 saturated carbocycles. The summed E-state index contributed by atoms with van der Waals surface area (Å²) in [5.74, 6) is 0. The molecule has 0 aliphatic heterocycles. The highest BCUT2D eigenvalue weighted by atomic mass is 31.1. The Bertz CT molecular complexity index is 37.8. The molecule has 0 aliphatic rings. The maximum atomic E-state index is 9.39. The molecule has 1 atom stereocenters. The molecule has 0 aliphatic carbocycles. The molecule has 0 spiro atoms. The van der Waals surface area contributed by atoms with Gasteiger partial charge in [-0.15, -0.1) is 0 Å². The van der Waals surface area contributed by atoms with Gasteiger partial charge in [0.05, 0.1) is 0 Å². The standard InChI is InChI=1S/C2H4O3P/c1-4-2-5-6-3/h2,6H2. The zero-order chi connectivity index (χ0) is 4.83. The summed E-state index contributed by atoms with van der Waals surface area (Å²) < 4.78 is 17.1. The summed E-state index contributed by atoms with van der Waals surface area (Å²) in [4.78, 5) is 0. The summed E-state index contributed by atoms with van der Waals surface area (Å²) >= 11 is 0. The van der Waals surface area contributed by atoms with Crippen LogP contribution in [0.5, 0.6) is 0 Å². The van der Waals surface area contributed by atoms with Crippen molar-refractivity contribution >= 4 is 8.69 Å². The second-order valence-electron chi connectivity index (χ2n) is 0.525. The van der Waals surface area contributed by atoms with E-state index >= 15 is 0 Å². The van der Waals surface area contributed by atoms with Gasteiger partial charge in [0.1, 0.15) is 0 Å². The molecule has 6 heavy (non-hydrogen) atoms. The highest BCUT2D eigenvalue weighted by Crippen LogP contribution is 1.91. The molecule has 1 unspecified atom stereocenters. The first kappa shape index (κ1) is 6.15. The normalized spacial score (nSPS) is 10.8. The third-order valence-electron chi connectivity index (χ3n) is 0.195. The van der Waals surface area contributed by atoms with E-state index in [1.165, 1.54) is 0 Å². The molecule has 0 fully saturated rings. The monoisotopic (exact) mass is 107 g/mol. The van der Waals surface area contributed by atoms with Gasteiger partial charge in [-0.25, -0.2) is 0 Å². The maximum absolute atomic E-state index is 9.39. The minimum Gasteiger partial charge on any atom is -0.339 e. The minimum absolute atomic E-state index is 0.196. The molecule has 0 rings (SSSR count). The fourth-order valence-electron chi connectivity index (χ4n) is 0.0618. The summed E-state index contributed by atoms with van der Waals surface area (Å²) in [5.41, 5.74) is 0. The number of rotatable bonds is 3. The van der Waals surface area contributed by atoms with Crippen molar-refractivity contribution in [3.8, 4) is 0 Å². The van der Waals surface area contributed by atoms with Gasteiger partial charge < -0.3 is 9.26 Å². The van der Waals surface area contributed by atoms with Crippen molar-refractivity contribution in [1.29, 1.82) is 0 Å². The van der Waals surface area contributed by atoms with Crippen LogP contribution in [0, 0.1) is 7.11 Å². The molecule has 0 aromatic rings. The van der Waals surface area contributed by atoms with Crippen molar-refractivity contribution in [2.75, 3.05) is 6.79 Å². The lowest BCUT2D eigenvalue weighted by molar-refractivity contribution is 0.0868. The first-order chi connectivity index (χ1) is 2.91. The van der Waals surface area contributed by atoms with Crippen LogP contribution in [0.1, 0.15) is 0 Å². The SMILES string of the molecule is [C]OCO[PH2]=O. The number of hydrogen-bond donors (Lipinski definition) is 0. The van der Waals surface area contributed by atoms with Crippen molar-refractivity contribution in [2.24, 2.45) is 0 Å². The molecule has 0 saturated heterocycles. The number of hydrogen-bond acceptors (Lipinski definition) is 3. The van der Waals surface area contributed by atoms with Gasteiger partial charge in [-0.2, -0.15) is 0 Å². The van der Waals surface area contributed by atoms with E-state index in [1.54, 1.807) is 0 Å². The molecule has 0 bridgehead atoms. The van der Waals surface area contributed by atoms with Crippen LogP contribution in [-0.2, 0) is 13.8 Å². The molecule has 0 aromatic carbocycles. The zero-order valence-corrected chi connectivity index (χ0v) is 4.16. The smallest absolute Gasteiger partial charge is 0.182 e. The molecular formula is C2H4O3P. The Morgan fingerprint density at radius 1 is 1.83 bits per heavy atom. The topological polar surface area (TPSA) is 35.5 Å². The predicted octanol–water partition coefficient (Wildman–Crippen LogP) is 0.194. The molecule has 35 valence electrons. The van der Waals surface area contributed by atoms with Crippen molar-refractivity contribution in [3.63, 3.8) is 0 Å². The summed E-state index contributed by atoms with van der Waals surface area (Å²) in [5, 5.41) is 0. The van der Waals surface area contributed by atoms with Crippen LogP contribution >= 0.6 is 8.69 Å². The van der Waals surface area contributed by atoms with Gasteiger partial charge in [-0.3, -0.25) is 4.57 Å². The lowest BCUT2D eigenvalue weighted by Gasteiger charge is -1.85. The summed E-state index contributed by atoms with van der Waals surface area (Å²) in [7, 11) is 4.74. The molecule has 3 nitrogen and oxygen atoms in total. The molecular weight excluding hydrogens is 103 g/mol. The van der Waals surface area contributed by atoms with Crippen molar-refractivity contribution in [3.05, 3.63) is 7.11 Å². The Hall–Kier alpha value is 0.150. The van der Waals surface area contributed by atoms with E-state index in [0.717, 1.165) is 0 Å². The van der Waals surface area contributed by atoms with E-state index in [0.29, 0.717) is 0 Å². The largest absolute Gasteiger partial charge is 0.339 e. The Morgan fingerprint density at radius 3 is 2.67 bits per heavy atom. The van der Waals surface area contributed by atoms with E-state index in [4.69, 9.17) is 7.11 Å². The Balaban J connectivity index is 2.49. The highest BCUT2D eigenvalue weighted by Gasteiger charge is 1.70. The molecule has 0 amide bonds. The Kier molecular flexibility index (Phi) is 5.28. The van der Waals surface area contributed by atoms with Crippen molar-refractivity contribution in [1.82, 2.24) is 0 Å². The molecule has 0 aromatic heterocycles. The van der Waals surface area contributed by atoms with Crippen LogP contribution in [0.15, 0.2) is 0 Å². The average Bonchev–Trinajstić information content (AvgIpc) is 1.61. The molecule has 0 N–H and O–H groups in total. The fourth-order valence-corrected chi connectivity index (χ4v) is 0.185. The van der Waals surface area contributed by atoms with Crippen LogP contribution in [0.4, 0.5) is 0 Å². The van der Waals surface area contributed by atoms with Crippen molar-refractivity contribution in [2.45, 2.75) is 0 Å². The lowest BCUT2D eigenvalue weighted by atomic mass is 11.4. The van der Waals surface area contributed by atoms with Gasteiger partial charge in [-0.05, 0) is 0 Å². The van der Waals surface area contributed by atoms with Crippen LogP contribution in [0.25, 0.3) is 0 Å². The van der Waals surface area contributed by atoms with Crippen LogP contribution in [-0.4, -0.2) is 6.79 Å². The first-order valence-electron chi connectivity index (χ1n) is 1.25. The maximum Gasteiger partial charge on any atom is 0.182 e. The third kappa shape index (κ3) is 4.15. The van der Waals surface area contributed by atoms with Gasteiger partial charge in [0.15, 0.2) is 22.6 Å². The van der Waals surface area contributed by atoms with Gasteiger partial charge in [0.25, 0.3) is 0 Å². The zero-order valence-electron chi connectivity index (χ0n) is 3.01. The summed E-state index contributed by atoms with van der Waals surface area (Å²) in [6.07, 6.45) is 0. The average molecular weight is 107 g/mol. The van der Waals surface area contributed by atoms with Gasteiger partial charge >= 0.3 is 0 Å². The Labute approximate surface area is 37.5 Å². The van der Waals surface area contributed by atoms with Crippen LogP contribution in [0.2, 0.25) is 0 Å². The van der Waals surface area contributed by atoms with E-state index in [9.17, 15) is 4.57 Å². The fraction of sp³-hybridized carbons (Fsp3) is 0.500. The Morgan fingerprint density at radius 2 is 2.50 bits per heavy atom.